The van der Waals surface area contributed by atoms with Crippen molar-refractivity contribution in [1.82, 2.24) is 9.78 Å². The van der Waals surface area contributed by atoms with Crippen LogP contribution in [0.3, 0.4) is 0 Å². The van der Waals surface area contributed by atoms with Crippen molar-refractivity contribution in [3.8, 4) is 11.4 Å². The van der Waals surface area contributed by atoms with Crippen LogP contribution in [0, 0.1) is 6.92 Å². The van der Waals surface area contributed by atoms with Gasteiger partial charge in [-0.3, -0.25) is 14.4 Å². The lowest BCUT2D eigenvalue weighted by atomic mass is 10.1. The molecule has 0 fully saturated rings. The Morgan fingerprint density at radius 2 is 1.61 bits per heavy atom. The van der Waals surface area contributed by atoms with Crippen molar-refractivity contribution < 1.29 is 28.0 Å². The largest absolute Gasteiger partial charge is 0.506 e. The third kappa shape index (κ3) is 4.00. The number of phenols is 1. The number of aromatic carboxylic acids is 1. The zero-order valence-corrected chi connectivity index (χ0v) is 17.7. The number of H-pyrrole nitrogens is 1. The molecule has 168 valence electrons. The number of aromatic hydroxyl groups is 1. The Hall–Kier alpha value is -4.29. The second-order valence-electron chi connectivity index (χ2n) is 7.04. The average molecular weight is 468 g/mol. The SMILES string of the molecule is Cc1[nH]n(-c2ccc(C(=O)O)cc2)c(=O)c1N=Nc1c(O)cc(S(=O)(=O)O)c2ccccc12. The average Bonchev–Trinajstić information content (AvgIpc) is 3.05. The van der Waals surface area contributed by atoms with Gasteiger partial charge in [-0.1, -0.05) is 24.3 Å². The highest BCUT2D eigenvalue weighted by Gasteiger charge is 2.20. The van der Waals surface area contributed by atoms with Crippen LogP contribution in [0.15, 0.2) is 74.5 Å². The van der Waals surface area contributed by atoms with Gasteiger partial charge in [0.15, 0.2) is 5.69 Å². The number of rotatable bonds is 5. The van der Waals surface area contributed by atoms with E-state index >= 15 is 0 Å². The van der Waals surface area contributed by atoms with Crippen molar-refractivity contribution in [2.45, 2.75) is 11.8 Å². The number of benzene rings is 3. The maximum atomic E-state index is 12.9. The molecule has 0 aliphatic rings. The predicted octanol–water partition coefficient (Wildman–Crippen LogP) is 3.69. The molecular formula is C21H16N4O7S. The third-order valence-electron chi connectivity index (χ3n) is 4.90. The van der Waals surface area contributed by atoms with Crippen molar-refractivity contribution in [3.05, 3.63) is 76.2 Å². The second kappa shape index (κ2) is 8.00. The molecule has 12 heteroatoms. The van der Waals surface area contributed by atoms with Crippen molar-refractivity contribution in [1.29, 1.82) is 0 Å². The number of carboxylic acids is 1. The van der Waals surface area contributed by atoms with E-state index in [0.717, 1.165) is 10.7 Å². The van der Waals surface area contributed by atoms with E-state index in [9.17, 15) is 27.7 Å². The lowest BCUT2D eigenvalue weighted by Crippen LogP contribution is -2.14. The molecule has 1 aromatic heterocycles. The van der Waals surface area contributed by atoms with Crippen molar-refractivity contribution in [2.24, 2.45) is 10.2 Å². The summed E-state index contributed by atoms with van der Waals surface area (Å²) in [5, 5.41) is 30.5. The molecule has 0 saturated carbocycles. The summed E-state index contributed by atoms with van der Waals surface area (Å²) < 4.78 is 34.0. The quantitative estimate of drug-likeness (QED) is 0.255. The Morgan fingerprint density at radius 1 is 1.00 bits per heavy atom. The Morgan fingerprint density at radius 3 is 2.21 bits per heavy atom. The van der Waals surface area contributed by atoms with Gasteiger partial charge < -0.3 is 10.2 Å². The smallest absolute Gasteiger partial charge is 0.335 e. The summed E-state index contributed by atoms with van der Waals surface area (Å²) in [5.74, 6) is -1.65. The topological polar surface area (TPSA) is 174 Å². The minimum Gasteiger partial charge on any atom is -0.506 e. The van der Waals surface area contributed by atoms with Gasteiger partial charge in [0.1, 0.15) is 16.3 Å². The Labute approximate surface area is 186 Å². The van der Waals surface area contributed by atoms with E-state index in [1.807, 2.05) is 0 Å². The number of fused-ring (bicyclic) bond motifs is 1. The number of aryl methyl sites for hydroxylation is 1. The highest BCUT2D eigenvalue weighted by molar-refractivity contribution is 7.86. The van der Waals surface area contributed by atoms with Crippen LogP contribution in [-0.2, 0) is 10.1 Å². The molecule has 0 radical (unpaired) electrons. The maximum Gasteiger partial charge on any atom is 0.335 e. The molecule has 0 aliphatic carbocycles. The molecule has 11 nitrogen and oxygen atoms in total. The van der Waals surface area contributed by atoms with E-state index in [4.69, 9.17) is 5.11 Å². The van der Waals surface area contributed by atoms with Gasteiger partial charge in [-0.15, -0.1) is 10.2 Å². The molecule has 0 spiro atoms. The van der Waals surface area contributed by atoms with Crippen LogP contribution in [0.2, 0.25) is 0 Å². The molecule has 4 aromatic rings. The van der Waals surface area contributed by atoms with E-state index in [0.29, 0.717) is 11.4 Å². The Bertz CT molecular complexity index is 1600. The Balaban J connectivity index is 1.81. The van der Waals surface area contributed by atoms with Gasteiger partial charge in [0, 0.05) is 16.8 Å². The number of nitrogens with one attached hydrogen (secondary N) is 1. The molecule has 1 heterocycles. The van der Waals surface area contributed by atoms with Crippen LogP contribution in [0.4, 0.5) is 11.4 Å². The molecular weight excluding hydrogens is 452 g/mol. The normalized spacial score (nSPS) is 11.9. The minimum absolute atomic E-state index is 0.0608. The molecule has 4 rings (SSSR count). The summed E-state index contributed by atoms with van der Waals surface area (Å²) in [4.78, 5) is 23.4. The number of azo groups is 1. The number of hydrogen-bond acceptors (Lipinski definition) is 7. The molecule has 0 bridgehead atoms. The summed E-state index contributed by atoms with van der Waals surface area (Å²) in [6.07, 6.45) is 0. The minimum atomic E-state index is -4.61. The second-order valence-corrected chi connectivity index (χ2v) is 8.43. The molecule has 33 heavy (non-hydrogen) atoms. The molecule has 0 amide bonds. The number of hydrogen-bond donors (Lipinski definition) is 4. The first-order valence-electron chi connectivity index (χ1n) is 9.37. The van der Waals surface area contributed by atoms with Gasteiger partial charge in [-0.2, -0.15) is 8.42 Å². The van der Waals surface area contributed by atoms with E-state index in [-0.39, 0.29) is 27.7 Å². The van der Waals surface area contributed by atoms with E-state index in [1.54, 1.807) is 19.1 Å². The van der Waals surface area contributed by atoms with Crippen LogP contribution in [0.25, 0.3) is 16.5 Å². The maximum absolute atomic E-state index is 12.9. The van der Waals surface area contributed by atoms with E-state index < -0.39 is 32.3 Å². The third-order valence-corrected chi connectivity index (χ3v) is 5.79. The highest BCUT2D eigenvalue weighted by atomic mass is 32.2. The lowest BCUT2D eigenvalue weighted by molar-refractivity contribution is 0.0697. The number of carbonyl (C=O) groups is 1. The van der Waals surface area contributed by atoms with Crippen LogP contribution < -0.4 is 5.56 Å². The molecule has 4 N–H and O–H groups in total. The summed E-state index contributed by atoms with van der Waals surface area (Å²) in [5.41, 5.74) is 0.0585. The molecule has 3 aromatic carbocycles. The molecule has 0 aliphatic heterocycles. The van der Waals surface area contributed by atoms with Gasteiger partial charge in [0.05, 0.1) is 16.9 Å². The number of aromatic amines is 1. The number of carboxylic acid groups (broad SMARTS) is 1. The predicted molar refractivity (Wildman–Crippen MR) is 118 cm³/mol. The first-order valence-corrected chi connectivity index (χ1v) is 10.8. The fourth-order valence-corrected chi connectivity index (χ4v) is 4.04. The van der Waals surface area contributed by atoms with Crippen LogP contribution in [0.1, 0.15) is 16.1 Å². The van der Waals surface area contributed by atoms with Crippen molar-refractivity contribution in [2.75, 3.05) is 0 Å². The van der Waals surface area contributed by atoms with Crippen molar-refractivity contribution in [3.63, 3.8) is 0 Å². The monoisotopic (exact) mass is 468 g/mol. The number of aromatic nitrogens is 2. The number of nitrogens with zero attached hydrogens (tertiary/aromatic N) is 3. The van der Waals surface area contributed by atoms with Gasteiger partial charge >= 0.3 is 5.97 Å². The lowest BCUT2D eigenvalue weighted by Gasteiger charge is -2.08. The van der Waals surface area contributed by atoms with Gasteiger partial charge in [0.25, 0.3) is 15.7 Å². The summed E-state index contributed by atoms with van der Waals surface area (Å²) in [6.45, 7) is 1.58. The van der Waals surface area contributed by atoms with Crippen LogP contribution in [-0.4, -0.2) is 38.9 Å². The van der Waals surface area contributed by atoms with Crippen LogP contribution in [0.5, 0.6) is 5.75 Å². The first kappa shape index (κ1) is 21.9. The molecule has 0 saturated heterocycles. The zero-order chi connectivity index (χ0) is 23.9. The standard InChI is InChI=1S/C21H16N4O7S/c1-11-18(20(27)25(24-11)13-8-6-12(7-9-13)21(28)29)22-23-19-15-5-3-2-4-14(15)17(10-16(19)26)33(30,31)32/h2-10,24,26H,1H3,(H,28,29)(H,30,31,32). The summed E-state index contributed by atoms with van der Waals surface area (Å²) in [6, 6.07) is 12.5. The zero-order valence-electron chi connectivity index (χ0n) is 16.9. The molecule has 0 atom stereocenters. The molecule has 0 unspecified atom stereocenters. The Kier molecular flexibility index (Phi) is 5.31. The first-order chi connectivity index (χ1) is 15.6. The summed E-state index contributed by atoms with van der Waals surface area (Å²) in [7, 11) is -4.61. The fraction of sp³-hybridized carbons (Fsp3) is 0.0476. The summed E-state index contributed by atoms with van der Waals surface area (Å²) >= 11 is 0. The van der Waals surface area contributed by atoms with E-state index in [2.05, 4.69) is 15.3 Å². The highest BCUT2D eigenvalue weighted by Crippen LogP contribution is 2.39. The fourth-order valence-electron chi connectivity index (χ4n) is 3.32. The van der Waals surface area contributed by atoms with Gasteiger partial charge in [-0.05, 0) is 31.2 Å². The van der Waals surface area contributed by atoms with Crippen LogP contribution >= 0.6 is 0 Å². The number of phenolic OH excluding ortho intramolecular Hbond substituents is 1. The van der Waals surface area contributed by atoms with Crippen molar-refractivity contribution >= 4 is 38.2 Å². The van der Waals surface area contributed by atoms with Gasteiger partial charge in [-0.25, -0.2) is 9.48 Å². The van der Waals surface area contributed by atoms with Gasteiger partial charge in [0.2, 0.25) is 0 Å². The van der Waals surface area contributed by atoms with E-state index in [1.165, 1.54) is 36.4 Å².